The highest BCUT2D eigenvalue weighted by Gasteiger charge is 2.00. The quantitative estimate of drug-likeness (QED) is 0.677. The van der Waals surface area contributed by atoms with Crippen molar-refractivity contribution in [3.63, 3.8) is 0 Å². The molecule has 0 aromatic heterocycles. The van der Waals surface area contributed by atoms with Gasteiger partial charge in [-0.25, -0.2) is 9.18 Å². The number of urea groups is 1. The molecule has 0 saturated heterocycles. The number of carbonyl (C=O) groups excluding carboxylic acids is 1. The van der Waals surface area contributed by atoms with Crippen molar-refractivity contribution >= 4 is 16.8 Å². The van der Waals surface area contributed by atoms with Crippen molar-refractivity contribution in [3.05, 3.63) is 78.1 Å². The summed E-state index contributed by atoms with van der Waals surface area (Å²) < 4.78 is 18.5. The van der Waals surface area contributed by atoms with Crippen LogP contribution in [0.4, 0.5) is 9.18 Å². The summed E-state index contributed by atoms with van der Waals surface area (Å²) in [7, 11) is 0. The maximum absolute atomic E-state index is 12.8. The van der Waals surface area contributed by atoms with Gasteiger partial charge in [0.2, 0.25) is 0 Å². The van der Waals surface area contributed by atoms with E-state index < -0.39 is 0 Å². The molecule has 2 N–H and O–H groups in total. The van der Waals surface area contributed by atoms with E-state index in [1.165, 1.54) is 12.1 Å². The van der Waals surface area contributed by atoms with Crippen molar-refractivity contribution in [2.45, 2.75) is 6.54 Å². The molecule has 0 radical (unpaired) electrons. The smallest absolute Gasteiger partial charge is 0.315 e. The normalized spacial score (nSPS) is 9.96. The predicted molar refractivity (Wildman–Crippen MR) is 104 cm³/mol. The number of benzene rings is 3. The summed E-state index contributed by atoms with van der Waals surface area (Å²) in [5.74, 6) is 6.20. The number of carbonyl (C=O) groups is 1. The third-order valence-electron chi connectivity index (χ3n) is 3.88. The highest BCUT2D eigenvalue weighted by atomic mass is 19.1. The Bertz CT molecular complexity index is 970. The van der Waals surface area contributed by atoms with Gasteiger partial charge in [0.1, 0.15) is 18.2 Å². The summed E-state index contributed by atoms with van der Waals surface area (Å²) in [6.45, 7) is 0.783. The van der Waals surface area contributed by atoms with Gasteiger partial charge < -0.3 is 15.4 Å². The van der Waals surface area contributed by atoms with Crippen LogP contribution < -0.4 is 15.4 Å². The second-order valence-corrected chi connectivity index (χ2v) is 5.78. The molecule has 3 aromatic carbocycles. The molecule has 4 nitrogen and oxygen atoms in total. The fourth-order valence-electron chi connectivity index (χ4n) is 2.52. The van der Waals surface area contributed by atoms with Gasteiger partial charge in [0.15, 0.2) is 0 Å². The molecule has 0 aliphatic heterocycles. The van der Waals surface area contributed by atoms with E-state index in [-0.39, 0.29) is 25.0 Å². The van der Waals surface area contributed by atoms with Gasteiger partial charge >= 0.3 is 6.03 Å². The van der Waals surface area contributed by atoms with Crippen LogP contribution in [0.3, 0.4) is 0 Å². The first kappa shape index (κ1) is 18.3. The number of rotatable bonds is 5. The molecule has 0 aliphatic carbocycles. The van der Waals surface area contributed by atoms with Crippen LogP contribution in [-0.2, 0) is 6.54 Å². The van der Waals surface area contributed by atoms with Crippen LogP contribution in [0.5, 0.6) is 5.75 Å². The first-order valence-electron chi connectivity index (χ1n) is 8.55. The molecule has 0 heterocycles. The van der Waals surface area contributed by atoms with Gasteiger partial charge in [-0.15, -0.1) is 0 Å². The Labute approximate surface area is 157 Å². The van der Waals surface area contributed by atoms with Gasteiger partial charge in [0, 0.05) is 11.9 Å². The Hall–Kier alpha value is -3.52. The Kier molecular flexibility index (Phi) is 6.26. The van der Waals surface area contributed by atoms with Gasteiger partial charge in [0.05, 0.1) is 6.54 Å². The molecule has 0 saturated carbocycles. The average molecular weight is 362 g/mol. The molecule has 0 bridgehead atoms. The van der Waals surface area contributed by atoms with Crippen LogP contribution >= 0.6 is 0 Å². The largest absolute Gasteiger partial charge is 0.480 e. The van der Waals surface area contributed by atoms with Crippen molar-refractivity contribution < 1.29 is 13.9 Å². The van der Waals surface area contributed by atoms with Crippen LogP contribution in [0.1, 0.15) is 5.56 Å². The summed E-state index contributed by atoms with van der Waals surface area (Å²) in [5, 5.41) is 7.48. The topological polar surface area (TPSA) is 50.4 Å². The minimum absolute atomic E-state index is 0.216. The maximum atomic E-state index is 12.8. The molecule has 0 unspecified atom stereocenters. The maximum Gasteiger partial charge on any atom is 0.315 e. The number of fused-ring (bicyclic) bond motifs is 1. The summed E-state index contributed by atoms with van der Waals surface area (Å²) in [4.78, 5) is 11.7. The molecule has 27 heavy (non-hydrogen) atoms. The van der Waals surface area contributed by atoms with Gasteiger partial charge in [-0.2, -0.15) is 0 Å². The number of nitrogens with one attached hydrogen (secondary N) is 2. The van der Waals surface area contributed by atoms with E-state index >= 15 is 0 Å². The van der Waals surface area contributed by atoms with Crippen LogP contribution in [0.25, 0.3) is 10.8 Å². The van der Waals surface area contributed by atoms with E-state index in [1.807, 2.05) is 42.5 Å². The van der Waals surface area contributed by atoms with Crippen molar-refractivity contribution in [2.75, 3.05) is 13.2 Å². The third kappa shape index (κ3) is 5.48. The first-order valence-corrected chi connectivity index (χ1v) is 8.55. The van der Waals surface area contributed by atoms with Crippen molar-refractivity contribution in [1.29, 1.82) is 0 Å². The van der Waals surface area contributed by atoms with Crippen LogP contribution in [0, 0.1) is 17.7 Å². The number of hydrogen-bond donors (Lipinski definition) is 2. The molecule has 3 rings (SSSR count). The van der Waals surface area contributed by atoms with Crippen molar-refractivity contribution in [1.82, 2.24) is 10.6 Å². The highest BCUT2D eigenvalue weighted by molar-refractivity contribution is 5.88. The lowest BCUT2D eigenvalue weighted by Gasteiger charge is -2.06. The lowest BCUT2D eigenvalue weighted by Crippen LogP contribution is -2.35. The van der Waals surface area contributed by atoms with E-state index in [9.17, 15) is 9.18 Å². The minimum Gasteiger partial charge on any atom is -0.480 e. The van der Waals surface area contributed by atoms with Crippen LogP contribution in [0.15, 0.2) is 66.7 Å². The number of ether oxygens (including phenoxy) is 1. The molecule has 0 fully saturated rings. The second kappa shape index (κ2) is 9.25. The molecular formula is C22H19FN2O2. The first-order chi connectivity index (χ1) is 13.2. The number of hydrogen-bond acceptors (Lipinski definition) is 2. The van der Waals surface area contributed by atoms with Crippen LogP contribution in [0.2, 0.25) is 0 Å². The number of amides is 2. The fourth-order valence-corrected chi connectivity index (χ4v) is 2.52. The molecule has 0 aliphatic rings. The van der Waals surface area contributed by atoms with Crippen LogP contribution in [-0.4, -0.2) is 19.2 Å². The van der Waals surface area contributed by atoms with Crippen molar-refractivity contribution in [3.8, 4) is 17.6 Å². The van der Waals surface area contributed by atoms with Gasteiger partial charge in [-0.1, -0.05) is 60.4 Å². The van der Waals surface area contributed by atoms with E-state index in [2.05, 4.69) is 22.5 Å². The standard InChI is InChI=1S/C22H19FN2O2/c23-19-12-10-17(11-13-19)16-25-22(26)24-14-3-4-15-27-21-9-5-7-18-6-1-2-8-20(18)21/h1-2,5-13H,14-16H2,(H2,24,25,26). The molecular weight excluding hydrogens is 343 g/mol. The molecule has 3 aromatic rings. The minimum atomic E-state index is -0.330. The zero-order valence-electron chi connectivity index (χ0n) is 14.7. The monoisotopic (exact) mass is 362 g/mol. The molecule has 136 valence electrons. The Morgan fingerprint density at radius 1 is 0.926 bits per heavy atom. The predicted octanol–water partition coefficient (Wildman–Crippen LogP) is 3.86. The van der Waals surface area contributed by atoms with E-state index in [4.69, 9.17) is 4.74 Å². The summed E-state index contributed by atoms with van der Waals surface area (Å²) >= 11 is 0. The lowest BCUT2D eigenvalue weighted by atomic mass is 10.1. The second-order valence-electron chi connectivity index (χ2n) is 5.78. The number of halogens is 1. The Morgan fingerprint density at radius 3 is 2.56 bits per heavy atom. The zero-order valence-corrected chi connectivity index (χ0v) is 14.7. The fraction of sp³-hybridized carbons (Fsp3) is 0.136. The average Bonchev–Trinajstić information content (AvgIpc) is 2.70. The zero-order chi connectivity index (χ0) is 18.9. The molecule has 0 spiro atoms. The summed E-state index contributed by atoms with van der Waals surface area (Å²) in [6.07, 6.45) is 0. The van der Waals surface area contributed by atoms with Crippen molar-refractivity contribution in [2.24, 2.45) is 0 Å². The lowest BCUT2D eigenvalue weighted by molar-refractivity contribution is 0.241. The molecule has 0 atom stereocenters. The summed E-state index contributed by atoms with van der Waals surface area (Å²) in [6, 6.07) is 19.5. The molecule has 2 amide bonds. The SMILES string of the molecule is O=C(NCC#CCOc1cccc2ccccc12)NCc1ccc(F)cc1. The summed E-state index contributed by atoms with van der Waals surface area (Å²) in [5.41, 5.74) is 0.820. The Morgan fingerprint density at radius 2 is 1.70 bits per heavy atom. The molecule has 5 heteroatoms. The Balaban J connectivity index is 1.39. The van der Waals surface area contributed by atoms with Gasteiger partial charge in [0.25, 0.3) is 0 Å². The van der Waals surface area contributed by atoms with E-state index in [0.29, 0.717) is 6.54 Å². The van der Waals surface area contributed by atoms with E-state index in [0.717, 1.165) is 22.1 Å². The highest BCUT2D eigenvalue weighted by Crippen LogP contribution is 2.24. The van der Waals surface area contributed by atoms with Gasteiger partial charge in [-0.3, -0.25) is 0 Å². The van der Waals surface area contributed by atoms with Gasteiger partial charge in [-0.05, 0) is 29.1 Å². The third-order valence-corrected chi connectivity index (χ3v) is 3.88. The van der Waals surface area contributed by atoms with E-state index in [1.54, 1.807) is 12.1 Å².